The van der Waals surface area contributed by atoms with Crippen LogP contribution in [-0.2, 0) is 0 Å². The van der Waals surface area contributed by atoms with Crippen LogP contribution in [0.2, 0.25) is 0 Å². The lowest BCUT2D eigenvalue weighted by atomic mass is 10.2. The summed E-state index contributed by atoms with van der Waals surface area (Å²) in [5, 5.41) is 24.8. The summed E-state index contributed by atoms with van der Waals surface area (Å²) in [5.41, 5.74) is 5.99. The first-order valence-corrected chi connectivity index (χ1v) is 10.1. The molecule has 0 radical (unpaired) electrons. The van der Waals surface area contributed by atoms with Gasteiger partial charge in [0.1, 0.15) is 5.69 Å². The highest BCUT2D eigenvalue weighted by molar-refractivity contribution is 7.19. The predicted octanol–water partition coefficient (Wildman–Crippen LogP) is 6.58. The molecule has 0 aliphatic carbocycles. The van der Waals surface area contributed by atoms with Gasteiger partial charge < -0.3 is 0 Å². The molecule has 0 bridgehead atoms. The molecular formula is C22H16N6O2S. The van der Waals surface area contributed by atoms with Crippen molar-refractivity contribution in [3.63, 3.8) is 0 Å². The summed E-state index contributed by atoms with van der Waals surface area (Å²) in [6.07, 6.45) is 1.71. The second-order valence-corrected chi connectivity index (χ2v) is 7.27. The maximum atomic E-state index is 10.8. The van der Waals surface area contributed by atoms with Crippen molar-refractivity contribution >= 4 is 39.1 Å². The number of benzene rings is 3. The Morgan fingerprint density at radius 3 is 2.26 bits per heavy atom. The summed E-state index contributed by atoms with van der Waals surface area (Å²) in [6.45, 7) is 0. The maximum Gasteiger partial charge on any atom is 0.269 e. The highest BCUT2D eigenvalue weighted by atomic mass is 32.1. The monoisotopic (exact) mass is 428 g/mol. The molecule has 0 saturated heterocycles. The van der Waals surface area contributed by atoms with Gasteiger partial charge in [0.15, 0.2) is 5.00 Å². The van der Waals surface area contributed by atoms with E-state index in [0.717, 1.165) is 11.1 Å². The van der Waals surface area contributed by atoms with E-state index >= 15 is 0 Å². The fourth-order valence-corrected chi connectivity index (χ4v) is 3.42. The van der Waals surface area contributed by atoms with Crippen molar-refractivity contribution in [3.8, 4) is 11.3 Å². The van der Waals surface area contributed by atoms with Crippen LogP contribution in [0.3, 0.4) is 0 Å². The number of hydrogen-bond acceptors (Lipinski definition) is 8. The largest absolute Gasteiger partial charge is 0.269 e. The molecule has 1 aromatic heterocycles. The van der Waals surface area contributed by atoms with Gasteiger partial charge in [0.2, 0.25) is 5.13 Å². The molecule has 9 heteroatoms. The van der Waals surface area contributed by atoms with Gasteiger partial charge in [-0.15, -0.1) is 10.2 Å². The zero-order valence-corrected chi connectivity index (χ0v) is 16.9. The van der Waals surface area contributed by atoms with Crippen molar-refractivity contribution in [2.45, 2.75) is 0 Å². The molecule has 1 N–H and O–H groups in total. The quantitative estimate of drug-likeness (QED) is 0.155. The Kier molecular flexibility index (Phi) is 6.15. The average molecular weight is 428 g/mol. The lowest BCUT2D eigenvalue weighted by molar-refractivity contribution is -0.384. The normalized spacial score (nSPS) is 11.2. The van der Waals surface area contributed by atoms with Gasteiger partial charge in [-0.3, -0.25) is 15.5 Å². The van der Waals surface area contributed by atoms with Crippen molar-refractivity contribution in [2.75, 3.05) is 5.43 Å². The first-order chi connectivity index (χ1) is 15.2. The number of rotatable bonds is 7. The summed E-state index contributed by atoms with van der Waals surface area (Å²) < 4.78 is 0. The third kappa shape index (κ3) is 5.22. The van der Waals surface area contributed by atoms with Crippen molar-refractivity contribution in [1.82, 2.24) is 4.98 Å². The van der Waals surface area contributed by atoms with E-state index in [0.29, 0.717) is 21.5 Å². The number of azo groups is 1. The third-order valence-corrected chi connectivity index (χ3v) is 4.99. The molecule has 0 atom stereocenters. The Balaban J connectivity index is 1.59. The molecule has 8 nitrogen and oxygen atoms in total. The Morgan fingerprint density at radius 1 is 0.903 bits per heavy atom. The van der Waals surface area contributed by atoms with Crippen LogP contribution in [0.5, 0.6) is 0 Å². The number of hydrogen-bond donors (Lipinski definition) is 1. The van der Waals surface area contributed by atoms with Crippen LogP contribution in [-0.4, -0.2) is 16.1 Å². The number of aromatic nitrogens is 1. The molecular weight excluding hydrogens is 412 g/mol. The number of nitrogens with zero attached hydrogens (tertiary/aromatic N) is 5. The van der Waals surface area contributed by atoms with Crippen LogP contribution in [0.15, 0.2) is 100 Å². The van der Waals surface area contributed by atoms with Crippen molar-refractivity contribution in [2.24, 2.45) is 15.3 Å². The number of thiazole rings is 1. The summed E-state index contributed by atoms with van der Waals surface area (Å²) in [5.74, 6) is 0. The molecule has 0 saturated carbocycles. The van der Waals surface area contributed by atoms with E-state index < -0.39 is 4.92 Å². The fraction of sp³-hybridized carbons (Fsp3) is 0. The third-order valence-electron chi connectivity index (χ3n) is 4.15. The Labute approximate surface area is 181 Å². The lowest BCUT2D eigenvalue weighted by Gasteiger charge is -1.97. The minimum Gasteiger partial charge on any atom is -0.258 e. The number of anilines is 1. The number of nitro groups is 1. The van der Waals surface area contributed by atoms with E-state index in [1.807, 2.05) is 60.7 Å². The lowest BCUT2D eigenvalue weighted by Crippen LogP contribution is -1.89. The molecule has 0 spiro atoms. The van der Waals surface area contributed by atoms with Crippen LogP contribution in [0.25, 0.3) is 11.3 Å². The van der Waals surface area contributed by atoms with Crippen LogP contribution in [0.1, 0.15) is 5.56 Å². The van der Waals surface area contributed by atoms with Gasteiger partial charge in [-0.1, -0.05) is 72.0 Å². The van der Waals surface area contributed by atoms with Gasteiger partial charge in [-0.25, -0.2) is 4.98 Å². The van der Waals surface area contributed by atoms with Crippen molar-refractivity contribution in [3.05, 3.63) is 101 Å². The Hall–Kier alpha value is -4.24. The van der Waals surface area contributed by atoms with Gasteiger partial charge in [0, 0.05) is 17.7 Å². The topological polar surface area (TPSA) is 105 Å². The molecule has 0 aliphatic heterocycles. The maximum absolute atomic E-state index is 10.8. The second-order valence-electron chi connectivity index (χ2n) is 6.29. The van der Waals surface area contributed by atoms with E-state index in [2.05, 4.69) is 25.7 Å². The van der Waals surface area contributed by atoms with Crippen molar-refractivity contribution in [1.29, 1.82) is 0 Å². The Bertz CT molecular complexity index is 1220. The van der Waals surface area contributed by atoms with Crippen LogP contribution in [0.4, 0.5) is 21.5 Å². The fourth-order valence-electron chi connectivity index (χ4n) is 2.66. The van der Waals surface area contributed by atoms with Gasteiger partial charge in [-0.05, 0) is 17.7 Å². The molecule has 3 aromatic carbocycles. The summed E-state index contributed by atoms with van der Waals surface area (Å²) in [4.78, 5) is 15.0. The van der Waals surface area contributed by atoms with E-state index in [-0.39, 0.29) is 5.69 Å². The zero-order chi connectivity index (χ0) is 21.5. The number of nitro benzene ring substituents is 1. The van der Waals surface area contributed by atoms with Crippen LogP contribution in [0, 0.1) is 10.1 Å². The van der Waals surface area contributed by atoms with Gasteiger partial charge in [0.05, 0.1) is 16.8 Å². The molecule has 31 heavy (non-hydrogen) atoms. The van der Waals surface area contributed by atoms with E-state index in [4.69, 9.17) is 0 Å². The second kappa shape index (κ2) is 9.51. The van der Waals surface area contributed by atoms with E-state index in [1.165, 1.54) is 23.5 Å². The number of hydrazone groups is 1. The zero-order valence-electron chi connectivity index (χ0n) is 16.1. The molecule has 4 rings (SSSR count). The average Bonchev–Trinajstić information content (AvgIpc) is 3.22. The number of non-ortho nitro benzene ring substituents is 1. The number of nitrogens with one attached hydrogen (secondary N) is 1. The molecule has 0 amide bonds. The predicted molar refractivity (Wildman–Crippen MR) is 122 cm³/mol. The standard InChI is InChI=1S/C22H16N6O2S/c29-28(30)19-13-11-18(12-14-19)25-26-21-20(17-9-5-2-6-10-17)24-22(31-21)27-23-15-16-7-3-1-4-8-16/h1-15H,(H,24,27)/b23-15+,26-25?. The summed E-state index contributed by atoms with van der Waals surface area (Å²) >= 11 is 1.31. The molecule has 4 aromatic rings. The highest BCUT2D eigenvalue weighted by Gasteiger charge is 2.13. The molecule has 0 unspecified atom stereocenters. The summed E-state index contributed by atoms with van der Waals surface area (Å²) in [7, 11) is 0. The van der Waals surface area contributed by atoms with Gasteiger partial charge in [0.25, 0.3) is 5.69 Å². The molecule has 152 valence electrons. The van der Waals surface area contributed by atoms with Crippen molar-refractivity contribution < 1.29 is 4.92 Å². The minimum atomic E-state index is -0.453. The highest BCUT2D eigenvalue weighted by Crippen LogP contribution is 2.39. The molecule has 0 aliphatic rings. The minimum absolute atomic E-state index is 0.00415. The first kappa shape index (κ1) is 20.0. The SMILES string of the molecule is O=[N+]([O-])c1ccc(N=Nc2sc(N/N=C/c3ccccc3)nc2-c2ccccc2)cc1. The van der Waals surface area contributed by atoms with Gasteiger partial charge in [-0.2, -0.15) is 5.10 Å². The van der Waals surface area contributed by atoms with Crippen LogP contribution < -0.4 is 5.43 Å². The molecule has 0 fully saturated rings. The van der Waals surface area contributed by atoms with Gasteiger partial charge >= 0.3 is 0 Å². The van der Waals surface area contributed by atoms with E-state index in [9.17, 15) is 10.1 Å². The smallest absolute Gasteiger partial charge is 0.258 e. The van der Waals surface area contributed by atoms with Crippen LogP contribution >= 0.6 is 11.3 Å². The van der Waals surface area contributed by atoms with E-state index in [1.54, 1.807) is 18.3 Å². The summed E-state index contributed by atoms with van der Waals surface area (Å²) in [6, 6.07) is 25.3. The first-order valence-electron chi connectivity index (χ1n) is 9.25. The molecule has 1 heterocycles. The Morgan fingerprint density at radius 2 is 1.58 bits per heavy atom.